The Bertz CT molecular complexity index is 460. The van der Waals surface area contributed by atoms with Crippen LogP contribution < -0.4 is 0 Å². The first kappa shape index (κ1) is 10.9. The topological polar surface area (TPSA) is 54.4 Å². The molecule has 0 radical (unpaired) electrons. The Labute approximate surface area is 93.6 Å². The van der Waals surface area contributed by atoms with Gasteiger partial charge < -0.3 is 5.11 Å². The Balaban J connectivity index is 2.43. The minimum absolute atomic E-state index is 0.235. The zero-order valence-corrected chi connectivity index (χ0v) is 9.55. The molecule has 5 heteroatoms. The van der Waals surface area contributed by atoms with Gasteiger partial charge in [-0.05, 0) is 37.1 Å². The zero-order valence-electron chi connectivity index (χ0n) is 7.98. The highest BCUT2D eigenvalue weighted by atomic mass is 35.5. The summed E-state index contributed by atoms with van der Waals surface area (Å²) in [5.74, 6) is 0. The van der Waals surface area contributed by atoms with Gasteiger partial charge in [0, 0.05) is 5.02 Å². The maximum atomic E-state index is 12.1. The third-order valence-corrected chi connectivity index (χ3v) is 5.61. The van der Waals surface area contributed by atoms with E-state index < -0.39 is 14.6 Å². The molecule has 1 aromatic rings. The van der Waals surface area contributed by atoms with Crippen LogP contribution in [0.15, 0.2) is 29.2 Å². The standard InChI is InChI=1S/C10H11ClO3S/c11-8-1-3-9(4-2-8)15(13,14)10(7-12)5-6-10/h1-4,12H,5-7H2. The van der Waals surface area contributed by atoms with Crippen molar-refractivity contribution >= 4 is 21.4 Å². The molecule has 0 aromatic heterocycles. The normalized spacial score (nSPS) is 18.8. The van der Waals surface area contributed by atoms with Crippen molar-refractivity contribution < 1.29 is 13.5 Å². The molecule has 0 unspecified atom stereocenters. The number of halogens is 1. The van der Waals surface area contributed by atoms with Crippen LogP contribution >= 0.6 is 11.6 Å². The summed E-state index contributed by atoms with van der Waals surface area (Å²) in [5, 5.41) is 9.61. The second-order valence-electron chi connectivity index (χ2n) is 3.80. The lowest BCUT2D eigenvalue weighted by Crippen LogP contribution is -2.27. The Hall–Kier alpha value is -0.580. The van der Waals surface area contributed by atoms with E-state index >= 15 is 0 Å². The minimum Gasteiger partial charge on any atom is -0.395 e. The summed E-state index contributed by atoms with van der Waals surface area (Å²) in [6, 6.07) is 6.05. The van der Waals surface area contributed by atoms with Gasteiger partial charge in [-0.2, -0.15) is 0 Å². The van der Waals surface area contributed by atoms with E-state index in [9.17, 15) is 8.42 Å². The lowest BCUT2D eigenvalue weighted by molar-refractivity contribution is 0.283. The molecule has 0 amide bonds. The molecule has 15 heavy (non-hydrogen) atoms. The molecule has 0 spiro atoms. The predicted octanol–water partition coefficient (Wildman–Crippen LogP) is 1.64. The largest absolute Gasteiger partial charge is 0.395 e. The molecule has 1 aromatic carbocycles. The highest BCUT2D eigenvalue weighted by molar-refractivity contribution is 7.93. The fourth-order valence-electron chi connectivity index (χ4n) is 1.51. The second-order valence-corrected chi connectivity index (χ2v) is 6.58. The van der Waals surface area contributed by atoms with Crippen molar-refractivity contribution in [3.8, 4) is 0 Å². The van der Waals surface area contributed by atoms with Crippen LogP contribution in [0.5, 0.6) is 0 Å². The van der Waals surface area contributed by atoms with Crippen molar-refractivity contribution in [2.45, 2.75) is 22.5 Å². The fraction of sp³-hybridized carbons (Fsp3) is 0.400. The molecule has 3 nitrogen and oxygen atoms in total. The smallest absolute Gasteiger partial charge is 0.186 e. The summed E-state index contributed by atoms with van der Waals surface area (Å²) in [6.45, 7) is -0.308. The highest BCUT2D eigenvalue weighted by Crippen LogP contribution is 2.46. The Morgan fingerprint density at radius 3 is 2.20 bits per heavy atom. The molecule has 1 fully saturated rings. The highest BCUT2D eigenvalue weighted by Gasteiger charge is 2.54. The first-order valence-corrected chi connectivity index (χ1v) is 6.49. The summed E-state index contributed by atoms with van der Waals surface area (Å²) in [5.41, 5.74) is 0. The van der Waals surface area contributed by atoms with E-state index in [-0.39, 0.29) is 11.5 Å². The predicted molar refractivity (Wildman–Crippen MR) is 57.7 cm³/mol. The van der Waals surface area contributed by atoms with Gasteiger partial charge in [0.05, 0.1) is 16.2 Å². The van der Waals surface area contributed by atoms with Gasteiger partial charge in [-0.3, -0.25) is 0 Å². The number of aliphatic hydroxyl groups excluding tert-OH is 1. The molecule has 0 atom stereocenters. The second kappa shape index (κ2) is 3.47. The average Bonchev–Trinajstić information content (AvgIpc) is 2.99. The number of sulfone groups is 1. The van der Waals surface area contributed by atoms with E-state index in [0.29, 0.717) is 17.9 Å². The Morgan fingerprint density at radius 2 is 1.80 bits per heavy atom. The Kier molecular flexibility index (Phi) is 2.53. The minimum atomic E-state index is -3.40. The molecule has 1 N–H and O–H groups in total. The molecular formula is C10H11ClO3S. The SMILES string of the molecule is O=S(=O)(c1ccc(Cl)cc1)C1(CO)CC1. The van der Waals surface area contributed by atoms with Gasteiger partial charge in [-0.15, -0.1) is 0 Å². The zero-order chi connectivity index (χ0) is 11.1. The Morgan fingerprint density at radius 1 is 1.27 bits per heavy atom. The molecule has 82 valence electrons. The summed E-state index contributed by atoms with van der Waals surface area (Å²) >= 11 is 5.68. The number of aliphatic hydroxyl groups is 1. The first-order valence-electron chi connectivity index (χ1n) is 4.63. The van der Waals surface area contributed by atoms with Crippen LogP contribution in [0.1, 0.15) is 12.8 Å². The number of hydrogen-bond acceptors (Lipinski definition) is 3. The van der Waals surface area contributed by atoms with E-state index in [2.05, 4.69) is 0 Å². The maximum Gasteiger partial charge on any atom is 0.186 e. The van der Waals surface area contributed by atoms with E-state index in [0.717, 1.165) is 0 Å². The van der Waals surface area contributed by atoms with Gasteiger partial charge in [-0.1, -0.05) is 11.6 Å². The van der Waals surface area contributed by atoms with Crippen LogP contribution in [-0.2, 0) is 9.84 Å². The van der Waals surface area contributed by atoms with E-state index in [1.165, 1.54) is 12.1 Å². The van der Waals surface area contributed by atoms with Crippen molar-refractivity contribution in [1.29, 1.82) is 0 Å². The van der Waals surface area contributed by atoms with Crippen LogP contribution in [-0.4, -0.2) is 24.9 Å². The van der Waals surface area contributed by atoms with Gasteiger partial charge in [-0.25, -0.2) is 8.42 Å². The molecule has 0 aliphatic heterocycles. The van der Waals surface area contributed by atoms with Gasteiger partial charge in [0.1, 0.15) is 0 Å². The van der Waals surface area contributed by atoms with Crippen molar-refractivity contribution in [3.63, 3.8) is 0 Å². The summed E-state index contributed by atoms with van der Waals surface area (Å²) in [4.78, 5) is 0.235. The third-order valence-electron chi connectivity index (χ3n) is 2.79. The quantitative estimate of drug-likeness (QED) is 0.882. The molecule has 1 aliphatic carbocycles. The average molecular weight is 247 g/mol. The van der Waals surface area contributed by atoms with E-state index in [4.69, 9.17) is 16.7 Å². The number of benzene rings is 1. The van der Waals surface area contributed by atoms with Crippen LogP contribution in [0, 0.1) is 0 Å². The van der Waals surface area contributed by atoms with Crippen molar-refractivity contribution in [2.24, 2.45) is 0 Å². The monoisotopic (exact) mass is 246 g/mol. The van der Waals surface area contributed by atoms with Gasteiger partial charge in [0.2, 0.25) is 0 Å². The molecule has 0 bridgehead atoms. The maximum absolute atomic E-state index is 12.1. The summed E-state index contributed by atoms with van der Waals surface area (Å²) in [7, 11) is -3.40. The van der Waals surface area contributed by atoms with Crippen LogP contribution in [0.3, 0.4) is 0 Å². The molecule has 1 saturated carbocycles. The van der Waals surface area contributed by atoms with Gasteiger partial charge in [0.15, 0.2) is 9.84 Å². The van der Waals surface area contributed by atoms with Crippen LogP contribution in [0.25, 0.3) is 0 Å². The van der Waals surface area contributed by atoms with E-state index in [1.807, 2.05) is 0 Å². The third kappa shape index (κ3) is 1.67. The first-order chi connectivity index (χ1) is 7.02. The summed E-state index contributed by atoms with van der Waals surface area (Å²) < 4.78 is 23.2. The van der Waals surface area contributed by atoms with Gasteiger partial charge >= 0.3 is 0 Å². The van der Waals surface area contributed by atoms with Crippen LogP contribution in [0.4, 0.5) is 0 Å². The van der Waals surface area contributed by atoms with Gasteiger partial charge in [0.25, 0.3) is 0 Å². The lowest BCUT2D eigenvalue weighted by Gasteiger charge is -2.12. The molecule has 0 saturated heterocycles. The van der Waals surface area contributed by atoms with E-state index in [1.54, 1.807) is 12.1 Å². The molecule has 1 aliphatic rings. The lowest BCUT2D eigenvalue weighted by atomic mass is 10.4. The van der Waals surface area contributed by atoms with Crippen molar-refractivity contribution in [1.82, 2.24) is 0 Å². The molecule has 0 heterocycles. The fourth-order valence-corrected chi connectivity index (χ4v) is 3.44. The summed E-state index contributed by atoms with van der Waals surface area (Å²) in [6.07, 6.45) is 1.07. The van der Waals surface area contributed by atoms with Crippen molar-refractivity contribution in [3.05, 3.63) is 29.3 Å². The molecular weight excluding hydrogens is 236 g/mol. The van der Waals surface area contributed by atoms with Crippen LogP contribution in [0.2, 0.25) is 5.02 Å². The van der Waals surface area contributed by atoms with Crippen molar-refractivity contribution in [2.75, 3.05) is 6.61 Å². The number of rotatable bonds is 3. The molecule has 2 rings (SSSR count). The number of hydrogen-bond donors (Lipinski definition) is 1.